The summed E-state index contributed by atoms with van der Waals surface area (Å²) in [6.07, 6.45) is 0.664. The summed E-state index contributed by atoms with van der Waals surface area (Å²) < 4.78 is 15.2. The van der Waals surface area contributed by atoms with Gasteiger partial charge in [-0.05, 0) is 36.8 Å². The van der Waals surface area contributed by atoms with Crippen LogP contribution in [-0.4, -0.2) is 64.4 Å². The smallest absolute Gasteiger partial charge is 0.410 e. The number of rotatable bonds is 3. The normalized spacial score (nSPS) is 34.6. The van der Waals surface area contributed by atoms with E-state index in [2.05, 4.69) is 0 Å². The van der Waals surface area contributed by atoms with Crippen molar-refractivity contribution < 1.29 is 29.0 Å². The highest BCUT2D eigenvalue weighted by Gasteiger charge is 2.67. The van der Waals surface area contributed by atoms with E-state index in [1.165, 1.54) is 7.11 Å². The molecule has 5 aliphatic rings. The van der Waals surface area contributed by atoms with Gasteiger partial charge in [0, 0.05) is 24.1 Å². The van der Waals surface area contributed by atoms with Crippen LogP contribution in [0.2, 0.25) is 0 Å². The van der Waals surface area contributed by atoms with Crippen molar-refractivity contribution in [2.45, 2.75) is 53.6 Å². The standard InChI is InChI=1S/C22H25Cl3N2O6/c1-3-15-12-7-18-21(14-5-4-11(31-2)6-16(14)27(30)19(21)28)8-17(13(12)9-32-18)26(15)20(29)33-10-22(23,24)25/h4-6,12-13,15,17-18,30H,3,7-10H2,1-2H3/t12-,13+,15-,17+,18-,21+/m1/s1. The molecule has 6 atom stereocenters. The Balaban J connectivity index is 1.56. The number of likely N-dealkylation sites (tertiary alicyclic amines) is 1. The van der Waals surface area contributed by atoms with Crippen molar-refractivity contribution in [3.63, 3.8) is 0 Å². The molecule has 11 heteroatoms. The SMILES string of the molecule is CC[C@@H]1[C@@H]2C[C@H]3OC[C@@H]2[C@H](C[C@@]32C(=O)N(O)c3cc(OC)ccc32)N1C(=O)OCC(Cl)(Cl)Cl. The maximum Gasteiger partial charge on any atom is 0.410 e. The molecule has 6 rings (SSSR count). The van der Waals surface area contributed by atoms with E-state index in [0.717, 1.165) is 6.42 Å². The van der Waals surface area contributed by atoms with Gasteiger partial charge < -0.3 is 19.1 Å². The van der Waals surface area contributed by atoms with Crippen molar-refractivity contribution in [2.75, 3.05) is 25.4 Å². The van der Waals surface area contributed by atoms with Crippen molar-refractivity contribution in [2.24, 2.45) is 11.8 Å². The van der Waals surface area contributed by atoms with E-state index in [1.807, 2.05) is 6.92 Å². The number of carbonyl (C=O) groups is 2. The van der Waals surface area contributed by atoms with Gasteiger partial charge in [-0.15, -0.1) is 0 Å². The highest BCUT2D eigenvalue weighted by atomic mass is 35.6. The summed E-state index contributed by atoms with van der Waals surface area (Å²) >= 11 is 17.4. The number of methoxy groups -OCH3 is 1. The summed E-state index contributed by atoms with van der Waals surface area (Å²) in [6.45, 7) is 2.08. The third-order valence-electron chi connectivity index (χ3n) is 7.79. The number of benzene rings is 1. The molecule has 2 amide bonds. The predicted molar refractivity (Wildman–Crippen MR) is 121 cm³/mol. The van der Waals surface area contributed by atoms with Crippen LogP contribution in [0.4, 0.5) is 10.5 Å². The van der Waals surface area contributed by atoms with E-state index < -0.39 is 27.3 Å². The van der Waals surface area contributed by atoms with Crippen LogP contribution in [0, 0.1) is 11.8 Å². The van der Waals surface area contributed by atoms with E-state index in [1.54, 1.807) is 23.1 Å². The summed E-state index contributed by atoms with van der Waals surface area (Å²) in [4.78, 5) is 28.5. The van der Waals surface area contributed by atoms with Crippen molar-refractivity contribution in [3.05, 3.63) is 23.8 Å². The largest absolute Gasteiger partial charge is 0.497 e. The lowest BCUT2D eigenvalue weighted by Crippen LogP contribution is -2.55. The Hall–Kier alpha value is -1.45. The Kier molecular flexibility index (Phi) is 5.69. The average Bonchev–Trinajstić information content (AvgIpc) is 3.06. The molecule has 4 heterocycles. The van der Waals surface area contributed by atoms with Gasteiger partial charge in [0.25, 0.3) is 5.91 Å². The number of hydrogen-bond acceptors (Lipinski definition) is 6. The fraction of sp³-hybridized carbons (Fsp3) is 0.636. The fourth-order valence-electron chi connectivity index (χ4n) is 6.49. The van der Waals surface area contributed by atoms with E-state index in [0.29, 0.717) is 41.5 Å². The topological polar surface area (TPSA) is 88.5 Å². The summed E-state index contributed by atoms with van der Waals surface area (Å²) in [6, 6.07) is 4.83. The molecule has 4 aliphatic heterocycles. The molecule has 1 saturated carbocycles. The Labute approximate surface area is 206 Å². The van der Waals surface area contributed by atoms with Crippen LogP contribution in [-0.2, 0) is 19.7 Å². The van der Waals surface area contributed by atoms with Crippen LogP contribution >= 0.6 is 34.8 Å². The quantitative estimate of drug-likeness (QED) is 0.479. The molecule has 4 bridgehead atoms. The predicted octanol–water partition coefficient (Wildman–Crippen LogP) is 4.06. The monoisotopic (exact) mass is 518 g/mol. The van der Waals surface area contributed by atoms with Gasteiger partial charge in [-0.2, -0.15) is 5.06 Å². The highest BCUT2D eigenvalue weighted by molar-refractivity contribution is 6.67. The summed E-state index contributed by atoms with van der Waals surface area (Å²) in [5.74, 6) is 0.265. The van der Waals surface area contributed by atoms with Crippen LogP contribution in [0.25, 0.3) is 0 Å². The second-order valence-corrected chi connectivity index (χ2v) is 11.7. The number of hydrogen-bond donors (Lipinski definition) is 1. The van der Waals surface area contributed by atoms with E-state index in [9.17, 15) is 14.8 Å². The van der Waals surface area contributed by atoms with Crippen molar-refractivity contribution in [1.82, 2.24) is 4.90 Å². The molecule has 1 aromatic rings. The Morgan fingerprint density at radius 3 is 2.76 bits per heavy atom. The van der Waals surface area contributed by atoms with Crippen LogP contribution in [0.5, 0.6) is 5.75 Å². The molecule has 1 aromatic carbocycles. The molecular formula is C22H25Cl3N2O6. The molecule has 0 aromatic heterocycles. The van der Waals surface area contributed by atoms with Crippen LogP contribution < -0.4 is 9.80 Å². The van der Waals surface area contributed by atoms with Gasteiger partial charge in [0.15, 0.2) is 0 Å². The van der Waals surface area contributed by atoms with Crippen LogP contribution in [0.3, 0.4) is 0 Å². The van der Waals surface area contributed by atoms with E-state index in [4.69, 9.17) is 49.0 Å². The molecular weight excluding hydrogens is 495 g/mol. The van der Waals surface area contributed by atoms with Crippen molar-refractivity contribution in [1.29, 1.82) is 0 Å². The minimum atomic E-state index is -1.72. The molecule has 1 aliphatic carbocycles. The number of halogens is 3. The van der Waals surface area contributed by atoms with E-state index in [-0.39, 0.29) is 30.5 Å². The highest BCUT2D eigenvalue weighted by Crippen LogP contribution is 2.59. The Morgan fingerprint density at radius 1 is 1.33 bits per heavy atom. The van der Waals surface area contributed by atoms with Gasteiger partial charge >= 0.3 is 6.09 Å². The first-order valence-electron chi connectivity index (χ1n) is 11.0. The molecule has 0 radical (unpaired) electrons. The van der Waals surface area contributed by atoms with Gasteiger partial charge in [0.05, 0.1) is 25.5 Å². The fourth-order valence-corrected chi connectivity index (χ4v) is 6.66. The number of ether oxygens (including phenoxy) is 3. The Morgan fingerprint density at radius 2 is 2.09 bits per heavy atom. The third-order valence-corrected chi connectivity index (χ3v) is 8.11. The zero-order chi connectivity index (χ0) is 23.7. The Bertz CT molecular complexity index is 987. The van der Waals surface area contributed by atoms with Gasteiger partial charge in [-0.1, -0.05) is 47.8 Å². The number of fused-ring (bicyclic) bond motifs is 2. The zero-order valence-corrected chi connectivity index (χ0v) is 20.4. The van der Waals surface area contributed by atoms with Gasteiger partial charge in [-0.3, -0.25) is 10.0 Å². The zero-order valence-electron chi connectivity index (χ0n) is 18.2. The lowest BCUT2D eigenvalue weighted by molar-refractivity contribution is -0.138. The first kappa shape index (κ1) is 23.3. The minimum Gasteiger partial charge on any atom is -0.497 e. The average molecular weight is 520 g/mol. The van der Waals surface area contributed by atoms with Gasteiger partial charge in [-0.25, -0.2) is 4.79 Å². The lowest BCUT2D eigenvalue weighted by Gasteiger charge is -2.42. The first-order valence-corrected chi connectivity index (χ1v) is 12.1. The third kappa shape index (κ3) is 3.40. The molecule has 4 fully saturated rings. The van der Waals surface area contributed by atoms with Crippen molar-refractivity contribution in [3.8, 4) is 5.75 Å². The molecule has 180 valence electrons. The molecule has 3 saturated heterocycles. The molecule has 1 spiro atoms. The lowest BCUT2D eigenvalue weighted by atomic mass is 9.71. The number of carbonyl (C=O) groups excluding carboxylic acids is 2. The number of amides is 2. The molecule has 33 heavy (non-hydrogen) atoms. The summed E-state index contributed by atoms with van der Waals surface area (Å²) in [5.41, 5.74) is -0.0602. The minimum absolute atomic E-state index is 0.0492. The molecule has 1 N–H and O–H groups in total. The summed E-state index contributed by atoms with van der Waals surface area (Å²) in [7, 11) is 1.52. The van der Waals surface area contributed by atoms with Crippen molar-refractivity contribution >= 4 is 52.5 Å². The summed E-state index contributed by atoms with van der Waals surface area (Å²) in [5, 5.41) is 11.4. The molecule has 8 nitrogen and oxygen atoms in total. The number of hydroxylamine groups is 1. The van der Waals surface area contributed by atoms with Gasteiger partial charge in [0.1, 0.15) is 17.8 Å². The number of nitrogens with zero attached hydrogens (tertiary/aromatic N) is 2. The maximum atomic E-state index is 13.6. The second-order valence-electron chi connectivity index (χ2n) is 9.18. The second kappa shape index (κ2) is 8.05. The first-order chi connectivity index (χ1) is 15.6. The molecule has 0 unspecified atom stereocenters. The van der Waals surface area contributed by atoms with Crippen LogP contribution in [0.1, 0.15) is 31.7 Å². The number of anilines is 1. The van der Waals surface area contributed by atoms with E-state index >= 15 is 0 Å². The van der Waals surface area contributed by atoms with Gasteiger partial charge in [0.2, 0.25) is 3.79 Å². The van der Waals surface area contributed by atoms with Crippen LogP contribution in [0.15, 0.2) is 18.2 Å². The number of alkyl halides is 3. The maximum absolute atomic E-state index is 13.6.